The second kappa shape index (κ2) is 8.21. The predicted octanol–water partition coefficient (Wildman–Crippen LogP) is 4.27. The monoisotopic (exact) mass is 332 g/mol. The van der Waals surface area contributed by atoms with Crippen LogP contribution in [0.25, 0.3) is 11.1 Å². The maximum atomic E-state index is 12.1. The van der Waals surface area contributed by atoms with Crippen LogP contribution in [0.3, 0.4) is 0 Å². The third-order valence-electron chi connectivity index (χ3n) is 3.67. The molecule has 0 atom stereocenters. The molecule has 122 valence electrons. The summed E-state index contributed by atoms with van der Waals surface area (Å²) >= 11 is 0. The van der Waals surface area contributed by atoms with E-state index in [2.05, 4.69) is 0 Å². The van der Waals surface area contributed by atoms with Crippen molar-refractivity contribution >= 4 is 13.4 Å². The molecule has 2 aromatic rings. The van der Waals surface area contributed by atoms with Crippen LogP contribution in [-0.2, 0) is 4.57 Å². The van der Waals surface area contributed by atoms with E-state index in [0.717, 1.165) is 11.1 Å². The molecule has 4 nitrogen and oxygen atoms in total. The molecule has 0 aliphatic carbocycles. The number of hydrogen-bond acceptors (Lipinski definition) is 2. The van der Waals surface area contributed by atoms with E-state index < -0.39 is 7.60 Å². The molecular formula is C18H21O4P. The van der Waals surface area contributed by atoms with Gasteiger partial charge < -0.3 is 9.79 Å². The van der Waals surface area contributed by atoms with Crippen molar-refractivity contribution in [2.75, 3.05) is 6.16 Å². The molecule has 0 bridgehead atoms. The van der Waals surface area contributed by atoms with Crippen LogP contribution in [0.4, 0.5) is 0 Å². The van der Waals surface area contributed by atoms with Gasteiger partial charge >= 0.3 is 7.60 Å². The SMILES string of the molecule is O=C(CCCCCP(=O)(O)O)c1ccc(-c2ccccc2)cc1. The summed E-state index contributed by atoms with van der Waals surface area (Å²) in [4.78, 5) is 29.6. The van der Waals surface area contributed by atoms with Crippen LogP contribution in [0.15, 0.2) is 54.6 Å². The van der Waals surface area contributed by atoms with Gasteiger partial charge in [-0.15, -0.1) is 0 Å². The van der Waals surface area contributed by atoms with Crippen molar-refractivity contribution < 1.29 is 19.1 Å². The topological polar surface area (TPSA) is 74.6 Å². The molecule has 23 heavy (non-hydrogen) atoms. The molecule has 2 aromatic carbocycles. The fourth-order valence-electron chi connectivity index (χ4n) is 2.40. The van der Waals surface area contributed by atoms with Crippen LogP contribution in [0, 0.1) is 0 Å². The zero-order chi connectivity index (χ0) is 16.7. The molecule has 2 rings (SSSR count). The van der Waals surface area contributed by atoms with Crippen molar-refractivity contribution in [2.24, 2.45) is 0 Å². The van der Waals surface area contributed by atoms with Gasteiger partial charge in [-0.1, -0.05) is 61.0 Å². The Kier molecular flexibility index (Phi) is 6.28. The van der Waals surface area contributed by atoms with E-state index in [9.17, 15) is 9.36 Å². The van der Waals surface area contributed by atoms with Crippen LogP contribution < -0.4 is 0 Å². The van der Waals surface area contributed by atoms with Crippen molar-refractivity contribution in [3.8, 4) is 11.1 Å². The van der Waals surface area contributed by atoms with E-state index in [1.165, 1.54) is 0 Å². The largest absolute Gasteiger partial charge is 0.325 e. The summed E-state index contributed by atoms with van der Waals surface area (Å²) in [5, 5.41) is 0. The lowest BCUT2D eigenvalue weighted by Crippen LogP contribution is -1.99. The van der Waals surface area contributed by atoms with Crippen LogP contribution in [-0.4, -0.2) is 21.7 Å². The van der Waals surface area contributed by atoms with E-state index in [0.29, 0.717) is 31.2 Å². The Morgan fingerprint density at radius 2 is 1.43 bits per heavy atom. The van der Waals surface area contributed by atoms with Gasteiger partial charge in [-0.25, -0.2) is 0 Å². The number of carbonyl (C=O) groups is 1. The summed E-state index contributed by atoms with van der Waals surface area (Å²) in [6.07, 6.45) is 2.06. The number of Topliss-reactive ketones (excluding diaryl/α,β-unsaturated/α-hetero) is 1. The smallest absolute Gasteiger partial charge is 0.324 e. The molecule has 0 amide bonds. The Morgan fingerprint density at radius 3 is 2.04 bits per heavy atom. The molecule has 0 aliphatic rings. The lowest BCUT2D eigenvalue weighted by molar-refractivity contribution is 0.0979. The molecule has 0 heterocycles. The van der Waals surface area contributed by atoms with E-state index in [4.69, 9.17) is 9.79 Å². The number of rotatable bonds is 8. The lowest BCUT2D eigenvalue weighted by atomic mass is 10.0. The minimum Gasteiger partial charge on any atom is -0.324 e. The minimum atomic E-state index is -3.91. The van der Waals surface area contributed by atoms with E-state index in [1.54, 1.807) is 0 Å². The van der Waals surface area contributed by atoms with Gasteiger partial charge in [0.05, 0.1) is 0 Å². The fourth-order valence-corrected chi connectivity index (χ4v) is 3.04. The average Bonchev–Trinajstić information content (AvgIpc) is 2.54. The van der Waals surface area contributed by atoms with Crippen molar-refractivity contribution in [2.45, 2.75) is 25.7 Å². The third kappa shape index (κ3) is 6.11. The van der Waals surface area contributed by atoms with Crippen molar-refractivity contribution in [3.05, 3.63) is 60.2 Å². The molecule has 2 N–H and O–H groups in total. The first kappa shape index (κ1) is 17.6. The Bertz CT molecular complexity index is 674. The van der Waals surface area contributed by atoms with Gasteiger partial charge in [0.1, 0.15) is 0 Å². The Balaban J connectivity index is 1.83. The van der Waals surface area contributed by atoms with Crippen LogP contribution in [0.2, 0.25) is 0 Å². The Hall–Kier alpha value is -1.74. The number of hydrogen-bond donors (Lipinski definition) is 2. The normalized spacial score (nSPS) is 11.4. The first-order valence-electron chi connectivity index (χ1n) is 7.69. The highest BCUT2D eigenvalue weighted by molar-refractivity contribution is 7.51. The van der Waals surface area contributed by atoms with Crippen LogP contribution in [0.5, 0.6) is 0 Å². The molecule has 0 aromatic heterocycles. The van der Waals surface area contributed by atoms with E-state index >= 15 is 0 Å². The number of unbranched alkanes of at least 4 members (excludes halogenated alkanes) is 2. The van der Waals surface area contributed by atoms with Crippen molar-refractivity contribution in [1.82, 2.24) is 0 Å². The first-order chi connectivity index (χ1) is 11.0. The van der Waals surface area contributed by atoms with Gasteiger partial charge in [-0.2, -0.15) is 0 Å². The minimum absolute atomic E-state index is 0.0702. The van der Waals surface area contributed by atoms with Crippen LogP contribution in [0.1, 0.15) is 36.0 Å². The highest BCUT2D eigenvalue weighted by Gasteiger charge is 2.12. The van der Waals surface area contributed by atoms with Gasteiger partial charge in [-0.05, 0) is 24.0 Å². The number of carbonyl (C=O) groups excluding carboxylic acids is 1. The molecule has 0 aliphatic heterocycles. The fraction of sp³-hybridized carbons (Fsp3) is 0.278. The quantitative estimate of drug-likeness (QED) is 0.430. The van der Waals surface area contributed by atoms with E-state index in [1.807, 2.05) is 54.6 Å². The number of ketones is 1. The van der Waals surface area contributed by atoms with Crippen LogP contribution >= 0.6 is 7.60 Å². The highest BCUT2D eigenvalue weighted by atomic mass is 31.2. The lowest BCUT2D eigenvalue weighted by Gasteiger charge is -2.05. The first-order valence-corrected chi connectivity index (χ1v) is 9.49. The highest BCUT2D eigenvalue weighted by Crippen LogP contribution is 2.35. The third-order valence-corrected chi connectivity index (χ3v) is 4.57. The zero-order valence-corrected chi connectivity index (χ0v) is 13.8. The molecule has 0 fully saturated rings. The summed E-state index contributed by atoms with van der Waals surface area (Å²) in [6, 6.07) is 17.5. The van der Waals surface area contributed by atoms with Gasteiger partial charge in [-0.3, -0.25) is 9.36 Å². The number of benzene rings is 2. The Labute approximate surface area is 136 Å². The van der Waals surface area contributed by atoms with Gasteiger partial charge in [0.15, 0.2) is 5.78 Å². The molecule has 0 radical (unpaired) electrons. The standard InChI is InChI=1S/C18H21O4P/c19-18(9-5-2-6-14-23(20,21)22)17-12-10-16(11-13-17)15-7-3-1-4-8-15/h1,3-4,7-8,10-13H,2,5-6,9,14H2,(H2,20,21,22). The molecular weight excluding hydrogens is 311 g/mol. The second-order valence-electron chi connectivity index (χ2n) is 5.57. The summed E-state index contributed by atoms with van der Waals surface area (Å²) in [6.45, 7) is 0. The van der Waals surface area contributed by atoms with E-state index in [-0.39, 0.29) is 11.9 Å². The summed E-state index contributed by atoms with van der Waals surface area (Å²) in [5.74, 6) is 0.0702. The summed E-state index contributed by atoms with van der Waals surface area (Å²) < 4.78 is 10.7. The maximum absolute atomic E-state index is 12.1. The van der Waals surface area contributed by atoms with Gasteiger partial charge in [0.2, 0.25) is 0 Å². The molecule has 0 unspecified atom stereocenters. The Morgan fingerprint density at radius 1 is 0.826 bits per heavy atom. The molecule has 0 saturated carbocycles. The van der Waals surface area contributed by atoms with Crippen molar-refractivity contribution in [1.29, 1.82) is 0 Å². The van der Waals surface area contributed by atoms with Gasteiger partial charge in [0, 0.05) is 18.1 Å². The average molecular weight is 332 g/mol. The molecule has 0 spiro atoms. The van der Waals surface area contributed by atoms with Crippen molar-refractivity contribution in [3.63, 3.8) is 0 Å². The van der Waals surface area contributed by atoms with Gasteiger partial charge in [0.25, 0.3) is 0 Å². The molecule has 0 saturated heterocycles. The summed E-state index contributed by atoms with van der Waals surface area (Å²) in [5.41, 5.74) is 2.87. The second-order valence-corrected chi connectivity index (χ2v) is 7.34. The predicted molar refractivity (Wildman–Crippen MR) is 91.6 cm³/mol. The summed E-state index contributed by atoms with van der Waals surface area (Å²) in [7, 11) is -3.91. The zero-order valence-electron chi connectivity index (χ0n) is 12.9. The maximum Gasteiger partial charge on any atom is 0.325 e. The molecule has 5 heteroatoms.